The molecule has 0 saturated carbocycles. The molecule has 0 bridgehead atoms. The number of sulfonamides is 1. The molecule has 1 fully saturated rings. The Kier molecular flexibility index (Phi) is 11.0. The van der Waals surface area contributed by atoms with Crippen molar-refractivity contribution < 1.29 is 13.2 Å². The molecule has 22 heavy (non-hydrogen) atoms. The molecule has 1 aliphatic heterocycles. The van der Waals surface area contributed by atoms with Gasteiger partial charge >= 0.3 is 0 Å². The Morgan fingerprint density at radius 2 is 2.18 bits per heavy atom. The highest BCUT2D eigenvalue weighted by Gasteiger charge is 2.17. The van der Waals surface area contributed by atoms with Crippen molar-refractivity contribution in [2.45, 2.75) is 32.3 Å². The fraction of sp³-hybridized carbons (Fsp3) is 0.769. The molecule has 7 nitrogen and oxygen atoms in total. The van der Waals surface area contributed by atoms with Crippen LogP contribution in [0.15, 0.2) is 17.1 Å². The molecule has 1 heterocycles. The number of hydrogen-bond acceptors (Lipinski definition) is 4. The van der Waals surface area contributed by atoms with Crippen LogP contribution in [0.2, 0.25) is 0 Å². The summed E-state index contributed by atoms with van der Waals surface area (Å²) < 4.78 is 31.7. The fourth-order valence-electron chi connectivity index (χ4n) is 1.85. The van der Waals surface area contributed by atoms with Crippen LogP contribution in [-0.2, 0) is 14.8 Å². The van der Waals surface area contributed by atoms with Gasteiger partial charge in [0.05, 0.1) is 18.4 Å². The Morgan fingerprint density at radius 1 is 1.45 bits per heavy atom. The number of hydrogen-bond donors (Lipinski definition) is 3. The Balaban J connectivity index is 0.00000441. The fourth-order valence-corrected chi connectivity index (χ4v) is 2.80. The highest BCUT2D eigenvalue weighted by molar-refractivity contribution is 14.0. The second kappa shape index (κ2) is 11.2. The van der Waals surface area contributed by atoms with Gasteiger partial charge in [-0.15, -0.1) is 24.0 Å². The zero-order valence-electron chi connectivity index (χ0n) is 13.0. The lowest BCUT2D eigenvalue weighted by atomic mass is 10.1. The van der Waals surface area contributed by atoms with Gasteiger partial charge in [0.2, 0.25) is 10.0 Å². The van der Waals surface area contributed by atoms with E-state index in [1.54, 1.807) is 0 Å². The third-order valence-corrected chi connectivity index (χ3v) is 4.35. The molecule has 0 aliphatic carbocycles. The molecular formula is C13H27IN4O3S. The maximum atomic E-state index is 11.8. The van der Waals surface area contributed by atoms with Gasteiger partial charge in [-0.25, -0.2) is 18.1 Å². The number of nitrogens with one attached hydrogen (secondary N) is 2. The number of nitrogens with zero attached hydrogens (tertiary/aromatic N) is 1. The van der Waals surface area contributed by atoms with Gasteiger partial charge < -0.3 is 15.8 Å². The van der Waals surface area contributed by atoms with Gasteiger partial charge in [0.25, 0.3) is 0 Å². The van der Waals surface area contributed by atoms with E-state index in [2.05, 4.69) is 21.6 Å². The van der Waals surface area contributed by atoms with E-state index in [0.717, 1.165) is 24.8 Å². The van der Waals surface area contributed by atoms with Gasteiger partial charge in [-0.2, -0.15) is 0 Å². The van der Waals surface area contributed by atoms with Gasteiger partial charge in [0.15, 0.2) is 5.96 Å². The Hall–Kier alpha value is -0.390. The first kappa shape index (κ1) is 21.6. The lowest BCUT2D eigenvalue weighted by molar-refractivity contribution is 0.0200. The van der Waals surface area contributed by atoms with Crippen LogP contribution < -0.4 is 15.8 Å². The minimum absolute atomic E-state index is 0. The van der Waals surface area contributed by atoms with E-state index in [1.165, 1.54) is 0 Å². The molecule has 130 valence electrons. The summed E-state index contributed by atoms with van der Waals surface area (Å²) in [5.41, 5.74) is 6.50. The van der Waals surface area contributed by atoms with Crippen LogP contribution in [0.1, 0.15) is 26.2 Å². The van der Waals surface area contributed by atoms with Gasteiger partial charge in [-0.05, 0) is 26.2 Å². The van der Waals surface area contributed by atoms with E-state index < -0.39 is 10.0 Å². The molecule has 0 spiro atoms. The highest BCUT2D eigenvalue weighted by Crippen LogP contribution is 2.11. The van der Waals surface area contributed by atoms with Crippen LogP contribution >= 0.6 is 24.0 Å². The number of ether oxygens (including phenoxy) is 1. The summed E-state index contributed by atoms with van der Waals surface area (Å²) in [6.07, 6.45) is 3.03. The maximum absolute atomic E-state index is 11.8. The molecule has 0 aromatic rings. The first-order valence-corrected chi connectivity index (χ1v) is 8.81. The molecule has 1 rings (SSSR count). The second-order valence-electron chi connectivity index (χ2n) is 5.24. The summed E-state index contributed by atoms with van der Waals surface area (Å²) in [7, 11) is -3.33. The van der Waals surface area contributed by atoms with Crippen LogP contribution in [0.3, 0.4) is 0 Å². The minimum atomic E-state index is -3.33. The Bertz CT molecular complexity index is 462. The summed E-state index contributed by atoms with van der Waals surface area (Å²) >= 11 is 0. The lowest BCUT2D eigenvalue weighted by Gasteiger charge is -2.22. The number of rotatable bonds is 8. The highest BCUT2D eigenvalue weighted by atomic mass is 127. The van der Waals surface area contributed by atoms with E-state index in [0.29, 0.717) is 19.7 Å². The smallest absolute Gasteiger partial charge is 0.213 e. The van der Waals surface area contributed by atoms with Crippen LogP contribution in [0.5, 0.6) is 0 Å². The van der Waals surface area contributed by atoms with Crippen molar-refractivity contribution in [3.63, 3.8) is 0 Å². The second-order valence-corrected chi connectivity index (χ2v) is 7.17. The Morgan fingerprint density at radius 3 is 2.77 bits per heavy atom. The zero-order chi connectivity index (χ0) is 15.7. The van der Waals surface area contributed by atoms with Crippen molar-refractivity contribution in [3.8, 4) is 0 Å². The quantitative estimate of drug-likeness (QED) is 0.219. The van der Waals surface area contributed by atoms with Crippen molar-refractivity contribution in [1.82, 2.24) is 10.0 Å². The van der Waals surface area contributed by atoms with E-state index in [1.807, 2.05) is 6.92 Å². The topological polar surface area (TPSA) is 106 Å². The first-order valence-electron chi connectivity index (χ1n) is 7.16. The van der Waals surface area contributed by atoms with E-state index in [4.69, 9.17) is 10.5 Å². The summed E-state index contributed by atoms with van der Waals surface area (Å²) in [6.45, 7) is 7.25. The summed E-state index contributed by atoms with van der Waals surface area (Å²) in [5, 5.41) is 2.77. The van der Waals surface area contributed by atoms with Crippen LogP contribution in [0, 0.1) is 0 Å². The molecule has 1 unspecified atom stereocenters. The molecular weight excluding hydrogens is 419 g/mol. The average Bonchev–Trinajstić information content (AvgIpc) is 2.44. The van der Waals surface area contributed by atoms with Gasteiger partial charge in [-0.1, -0.05) is 12.2 Å². The number of nitrogens with two attached hydrogens (primary N) is 1. The summed E-state index contributed by atoms with van der Waals surface area (Å²) in [5.74, 6) is 0.173. The molecule has 0 aromatic carbocycles. The summed E-state index contributed by atoms with van der Waals surface area (Å²) in [4.78, 5) is 4.01. The molecule has 1 atom stereocenters. The van der Waals surface area contributed by atoms with Crippen molar-refractivity contribution in [1.29, 1.82) is 0 Å². The summed E-state index contributed by atoms with van der Waals surface area (Å²) in [6, 6.07) is 0. The maximum Gasteiger partial charge on any atom is 0.213 e. The number of halogens is 1. The molecule has 0 aromatic heterocycles. The normalized spacial score (nSPS) is 19.3. The standard InChI is InChI=1S/C13H26N4O3S.HI/c1-11(2)9-16-13(14)15-6-8-21(18,19)17-10-12-5-3-4-7-20-12;/h12,17H,1,3-10H2,2H3,(H3,14,15,16);1H. The van der Waals surface area contributed by atoms with Gasteiger partial charge in [0.1, 0.15) is 0 Å². The van der Waals surface area contributed by atoms with Crippen LogP contribution in [0.4, 0.5) is 0 Å². The third kappa shape index (κ3) is 10.4. The number of guanidine groups is 1. The molecule has 1 saturated heterocycles. The molecule has 4 N–H and O–H groups in total. The predicted molar refractivity (Wildman–Crippen MR) is 100 cm³/mol. The van der Waals surface area contributed by atoms with E-state index in [9.17, 15) is 8.42 Å². The van der Waals surface area contributed by atoms with Crippen molar-refractivity contribution >= 4 is 40.0 Å². The minimum Gasteiger partial charge on any atom is -0.377 e. The monoisotopic (exact) mass is 446 g/mol. The van der Waals surface area contributed by atoms with Gasteiger partial charge in [0, 0.05) is 19.7 Å². The SMILES string of the molecule is C=C(C)CN=C(N)NCCS(=O)(=O)NCC1CCCCO1.I. The largest absolute Gasteiger partial charge is 0.377 e. The molecule has 9 heteroatoms. The van der Waals surface area contributed by atoms with Crippen LogP contribution in [-0.4, -0.2) is 52.5 Å². The van der Waals surface area contributed by atoms with Crippen molar-refractivity contribution in [3.05, 3.63) is 12.2 Å². The molecule has 0 amide bonds. The van der Waals surface area contributed by atoms with Crippen molar-refractivity contribution in [2.75, 3.05) is 32.0 Å². The van der Waals surface area contributed by atoms with Crippen LogP contribution in [0.25, 0.3) is 0 Å². The average molecular weight is 446 g/mol. The van der Waals surface area contributed by atoms with E-state index in [-0.39, 0.29) is 48.3 Å². The zero-order valence-corrected chi connectivity index (χ0v) is 16.2. The van der Waals surface area contributed by atoms with E-state index >= 15 is 0 Å². The molecule has 1 aliphatic rings. The third-order valence-electron chi connectivity index (χ3n) is 3.00. The lowest BCUT2D eigenvalue weighted by Crippen LogP contribution is -2.40. The first-order chi connectivity index (χ1) is 9.89. The van der Waals surface area contributed by atoms with Gasteiger partial charge in [-0.3, -0.25) is 0 Å². The Labute approximate surface area is 150 Å². The molecule has 0 radical (unpaired) electrons. The van der Waals surface area contributed by atoms with Crippen molar-refractivity contribution in [2.24, 2.45) is 10.7 Å². The number of aliphatic imine (C=N–C) groups is 1. The predicted octanol–water partition coefficient (Wildman–Crippen LogP) is 0.573.